The summed E-state index contributed by atoms with van der Waals surface area (Å²) >= 11 is 0. The minimum absolute atomic E-state index is 0.163. The normalized spacial score (nSPS) is 23.1. The van der Waals surface area contributed by atoms with E-state index in [1.54, 1.807) is 10.9 Å². The van der Waals surface area contributed by atoms with Gasteiger partial charge in [-0.15, -0.1) is 0 Å². The van der Waals surface area contributed by atoms with Crippen molar-refractivity contribution in [3.63, 3.8) is 0 Å². The summed E-state index contributed by atoms with van der Waals surface area (Å²) in [7, 11) is 0. The van der Waals surface area contributed by atoms with Crippen LogP contribution in [0.5, 0.6) is 0 Å². The van der Waals surface area contributed by atoms with E-state index in [0.29, 0.717) is 17.3 Å². The quantitative estimate of drug-likeness (QED) is 0.794. The van der Waals surface area contributed by atoms with E-state index < -0.39 is 0 Å². The molecule has 0 aliphatic heterocycles. The fraction of sp³-hybridized carbons (Fsp3) is 0.636. The lowest BCUT2D eigenvalue weighted by Gasteiger charge is -2.02. The van der Waals surface area contributed by atoms with E-state index in [0.717, 1.165) is 19.0 Å². The zero-order chi connectivity index (χ0) is 11.7. The van der Waals surface area contributed by atoms with Crippen LogP contribution in [0.1, 0.15) is 30.8 Å². The Labute approximate surface area is 95.0 Å². The van der Waals surface area contributed by atoms with Crippen LogP contribution in [0.25, 0.3) is 0 Å². The Morgan fingerprint density at radius 1 is 1.75 bits per heavy atom. The van der Waals surface area contributed by atoms with Crippen LogP contribution >= 0.6 is 0 Å². The smallest absolute Gasteiger partial charge is 0.273 e. The van der Waals surface area contributed by atoms with Gasteiger partial charge in [0.1, 0.15) is 0 Å². The molecule has 1 fully saturated rings. The molecule has 1 amide bonds. The van der Waals surface area contributed by atoms with Crippen LogP contribution in [0.4, 0.5) is 5.69 Å². The van der Waals surface area contributed by atoms with Gasteiger partial charge in [0.25, 0.3) is 5.91 Å². The Morgan fingerprint density at radius 3 is 2.94 bits per heavy atom. The highest BCUT2D eigenvalue weighted by atomic mass is 16.2. The highest BCUT2D eigenvalue weighted by molar-refractivity contribution is 5.96. The second kappa shape index (κ2) is 4.15. The maximum absolute atomic E-state index is 11.8. The number of nitrogens with one attached hydrogen (secondary N) is 1. The number of carbonyl (C=O) groups excluding carboxylic acids is 1. The lowest BCUT2D eigenvalue weighted by atomic mass is 10.3. The summed E-state index contributed by atoms with van der Waals surface area (Å²) in [6.45, 7) is 5.60. The summed E-state index contributed by atoms with van der Waals surface area (Å²) in [4.78, 5) is 11.8. The molecular formula is C11H18N4O. The molecule has 0 saturated heterocycles. The zero-order valence-corrected chi connectivity index (χ0v) is 9.73. The molecule has 1 aliphatic rings. The number of aromatic nitrogens is 2. The Hall–Kier alpha value is -1.52. The van der Waals surface area contributed by atoms with Crippen molar-refractivity contribution in [2.75, 3.05) is 12.3 Å². The minimum atomic E-state index is -0.163. The van der Waals surface area contributed by atoms with E-state index in [4.69, 9.17) is 5.73 Å². The summed E-state index contributed by atoms with van der Waals surface area (Å²) in [5.41, 5.74) is 6.51. The van der Waals surface area contributed by atoms with Crippen molar-refractivity contribution < 1.29 is 4.79 Å². The Morgan fingerprint density at radius 2 is 2.44 bits per heavy atom. The van der Waals surface area contributed by atoms with Crippen LogP contribution in [0.3, 0.4) is 0 Å². The molecule has 88 valence electrons. The third kappa shape index (κ3) is 2.18. The van der Waals surface area contributed by atoms with Crippen molar-refractivity contribution in [3.05, 3.63) is 11.9 Å². The van der Waals surface area contributed by atoms with Crippen LogP contribution in [-0.4, -0.2) is 22.2 Å². The van der Waals surface area contributed by atoms with E-state index in [9.17, 15) is 4.79 Å². The third-order valence-corrected chi connectivity index (χ3v) is 3.13. The molecule has 1 saturated carbocycles. The first-order valence-corrected chi connectivity index (χ1v) is 5.73. The molecule has 2 atom stereocenters. The van der Waals surface area contributed by atoms with Gasteiger partial charge < -0.3 is 11.1 Å². The predicted molar refractivity (Wildman–Crippen MR) is 61.9 cm³/mol. The van der Waals surface area contributed by atoms with Crippen molar-refractivity contribution in [1.29, 1.82) is 0 Å². The topological polar surface area (TPSA) is 72.9 Å². The standard InChI is InChI=1S/C11H18N4O/c1-3-15-6-9(12)10(14-15)11(16)13-5-8-4-7(8)2/h6-8H,3-5,12H2,1-2H3,(H,13,16). The van der Waals surface area contributed by atoms with Gasteiger partial charge in [-0.2, -0.15) is 5.10 Å². The molecule has 1 aromatic heterocycles. The maximum Gasteiger partial charge on any atom is 0.273 e. The number of carbonyl (C=O) groups is 1. The first-order chi connectivity index (χ1) is 7.61. The summed E-state index contributed by atoms with van der Waals surface area (Å²) in [5, 5.41) is 7.00. The van der Waals surface area contributed by atoms with Crippen LogP contribution < -0.4 is 11.1 Å². The van der Waals surface area contributed by atoms with Gasteiger partial charge in [-0.1, -0.05) is 6.92 Å². The monoisotopic (exact) mass is 222 g/mol. The SMILES string of the molecule is CCn1cc(N)c(C(=O)NCC2CC2C)n1. The second-order valence-corrected chi connectivity index (χ2v) is 4.47. The molecule has 0 bridgehead atoms. The fourth-order valence-electron chi connectivity index (χ4n) is 1.77. The summed E-state index contributed by atoms with van der Waals surface area (Å²) in [6.07, 6.45) is 2.90. The number of amides is 1. The fourth-order valence-corrected chi connectivity index (χ4v) is 1.77. The first-order valence-electron chi connectivity index (χ1n) is 5.73. The molecule has 0 spiro atoms. The van der Waals surface area contributed by atoms with Crippen molar-refractivity contribution >= 4 is 11.6 Å². The Balaban J connectivity index is 1.94. The molecule has 3 N–H and O–H groups in total. The van der Waals surface area contributed by atoms with Crippen molar-refractivity contribution in [2.45, 2.75) is 26.8 Å². The third-order valence-electron chi connectivity index (χ3n) is 3.13. The van der Waals surface area contributed by atoms with Crippen LogP contribution in [0.2, 0.25) is 0 Å². The second-order valence-electron chi connectivity index (χ2n) is 4.47. The molecule has 1 heterocycles. The molecule has 2 unspecified atom stereocenters. The van der Waals surface area contributed by atoms with Gasteiger partial charge >= 0.3 is 0 Å². The minimum Gasteiger partial charge on any atom is -0.396 e. The predicted octanol–water partition coefficient (Wildman–Crippen LogP) is 0.871. The molecule has 1 aliphatic carbocycles. The van der Waals surface area contributed by atoms with Crippen LogP contribution in [0.15, 0.2) is 6.20 Å². The zero-order valence-electron chi connectivity index (χ0n) is 9.73. The van der Waals surface area contributed by atoms with E-state index >= 15 is 0 Å². The largest absolute Gasteiger partial charge is 0.396 e. The number of aryl methyl sites for hydroxylation is 1. The summed E-state index contributed by atoms with van der Waals surface area (Å²) < 4.78 is 1.67. The molecule has 0 radical (unpaired) electrons. The number of anilines is 1. The number of hydrogen-bond acceptors (Lipinski definition) is 3. The Kier molecular flexibility index (Phi) is 2.85. The lowest BCUT2D eigenvalue weighted by Crippen LogP contribution is -2.27. The first kappa shape index (κ1) is 11.0. The molecule has 2 rings (SSSR count). The van der Waals surface area contributed by atoms with Gasteiger partial charge in [0, 0.05) is 19.3 Å². The number of nitrogens with zero attached hydrogens (tertiary/aromatic N) is 2. The number of hydrogen-bond donors (Lipinski definition) is 2. The van der Waals surface area contributed by atoms with E-state index in [1.165, 1.54) is 6.42 Å². The lowest BCUT2D eigenvalue weighted by molar-refractivity contribution is 0.0946. The summed E-state index contributed by atoms with van der Waals surface area (Å²) in [6, 6.07) is 0. The molecule has 1 aromatic rings. The average Bonchev–Trinajstić information content (AvgIpc) is 2.82. The molecular weight excluding hydrogens is 204 g/mol. The van der Waals surface area contributed by atoms with Gasteiger partial charge in [-0.25, -0.2) is 0 Å². The number of nitrogen functional groups attached to an aromatic ring is 1. The average molecular weight is 222 g/mol. The molecule has 5 nitrogen and oxygen atoms in total. The van der Waals surface area contributed by atoms with E-state index in [1.807, 2.05) is 6.92 Å². The highest BCUT2D eigenvalue weighted by Crippen LogP contribution is 2.36. The molecule has 0 aromatic carbocycles. The van der Waals surface area contributed by atoms with E-state index in [-0.39, 0.29) is 5.91 Å². The van der Waals surface area contributed by atoms with E-state index in [2.05, 4.69) is 17.3 Å². The van der Waals surface area contributed by atoms with Gasteiger partial charge in [-0.3, -0.25) is 9.48 Å². The highest BCUT2D eigenvalue weighted by Gasteiger charge is 2.32. The van der Waals surface area contributed by atoms with Crippen molar-refractivity contribution in [1.82, 2.24) is 15.1 Å². The van der Waals surface area contributed by atoms with Crippen molar-refractivity contribution in [3.8, 4) is 0 Å². The maximum atomic E-state index is 11.8. The van der Waals surface area contributed by atoms with Gasteiger partial charge in [-0.05, 0) is 25.2 Å². The van der Waals surface area contributed by atoms with Crippen LogP contribution in [0, 0.1) is 11.8 Å². The van der Waals surface area contributed by atoms with Gasteiger partial charge in [0.2, 0.25) is 0 Å². The van der Waals surface area contributed by atoms with Crippen molar-refractivity contribution in [2.24, 2.45) is 11.8 Å². The van der Waals surface area contributed by atoms with Crippen LogP contribution in [-0.2, 0) is 6.54 Å². The summed E-state index contributed by atoms with van der Waals surface area (Å²) in [5.74, 6) is 1.22. The number of nitrogens with two attached hydrogens (primary N) is 1. The number of rotatable bonds is 4. The van der Waals surface area contributed by atoms with Gasteiger partial charge in [0.15, 0.2) is 5.69 Å². The molecule has 16 heavy (non-hydrogen) atoms. The van der Waals surface area contributed by atoms with Gasteiger partial charge in [0.05, 0.1) is 5.69 Å². The Bertz CT molecular complexity index is 399. The molecule has 5 heteroatoms.